The van der Waals surface area contributed by atoms with Gasteiger partial charge in [-0.15, -0.1) is 0 Å². The molecule has 3 nitrogen and oxygen atoms in total. The Hall–Kier alpha value is 0.580. The molecule has 1 heterocycles. The molecule has 84 valence electrons. The summed E-state index contributed by atoms with van der Waals surface area (Å²) in [5.74, 6) is 3.78. The fraction of sp³-hybridized carbons (Fsp3) is 1.00. The van der Waals surface area contributed by atoms with E-state index in [9.17, 15) is 5.11 Å². The summed E-state index contributed by atoms with van der Waals surface area (Å²) < 4.78 is 4.85. The molecule has 0 aromatic carbocycles. The quantitative estimate of drug-likeness (QED) is 0.701. The summed E-state index contributed by atoms with van der Waals surface area (Å²) in [6.07, 6.45) is -0.374. The van der Waals surface area contributed by atoms with Crippen molar-refractivity contribution in [3.05, 3.63) is 0 Å². The van der Waals surface area contributed by atoms with Crippen LogP contribution in [0.4, 0.5) is 0 Å². The van der Waals surface area contributed by atoms with Crippen molar-refractivity contribution >= 4 is 23.5 Å². The van der Waals surface area contributed by atoms with Crippen LogP contribution in [0.3, 0.4) is 0 Å². The van der Waals surface area contributed by atoms with E-state index in [1.165, 1.54) is 17.3 Å². The van der Waals surface area contributed by atoms with E-state index in [0.717, 1.165) is 6.54 Å². The molecule has 0 spiro atoms. The van der Waals surface area contributed by atoms with Gasteiger partial charge in [0.2, 0.25) is 0 Å². The normalized spacial score (nSPS) is 24.9. The Bertz CT molecular complexity index is 143. The zero-order valence-electron chi connectivity index (χ0n) is 8.57. The molecule has 2 atom stereocenters. The molecule has 0 saturated carbocycles. The first-order valence-electron chi connectivity index (χ1n) is 4.90. The van der Waals surface area contributed by atoms with E-state index in [1.807, 2.05) is 23.5 Å². The predicted octanol–water partition coefficient (Wildman–Crippen LogP) is 0.432. The van der Waals surface area contributed by atoms with E-state index in [1.54, 1.807) is 7.11 Å². The van der Waals surface area contributed by atoms with Crippen LogP contribution in [-0.2, 0) is 4.74 Å². The molecule has 0 aliphatic carbocycles. The van der Waals surface area contributed by atoms with Crippen LogP contribution >= 0.6 is 23.5 Å². The number of nitrogens with one attached hydrogen (secondary N) is 1. The number of aliphatic hydroxyl groups excluding tert-OH is 1. The number of aliphatic hydroxyl groups is 1. The molecule has 5 heteroatoms. The van der Waals surface area contributed by atoms with Gasteiger partial charge in [-0.1, -0.05) is 0 Å². The molecular weight excluding hydrogens is 218 g/mol. The minimum absolute atomic E-state index is 0.374. The average Bonchev–Trinajstić information content (AvgIpc) is 2.20. The second kappa shape index (κ2) is 7.82. The van der Waals surface area contributed by atoms with Crippen LogP contribution in [-0.4, -0.2) is 60.5 Å². The van der Waals surface area contributed by atoms with Crippen LogP contribution in [0.25, 0.3) is 0 Å². The molecule has 0 aromatic heterocycles. The first-order chi connectivity index (χ1) is 6.83. The predicted molar refractivity (Wildman–Crippen MR) is 64.3 cm³/mol. The average molecular weight is 237 g/mol. The van der Waals surface area contributed by atoms with E-state index in [0.29, 0.717) is 18.4 Å². The van der Waals surface area contributed by atoms with Gasteiger partial charge in [-0.25, -0.2) is 0 Å². The maximum absolute atomic E-state index is 9.38. The highest BCUT2D eigenvalue weighted by atomic mass is 32.2. The van der Waals surface area contributed by atoms with Crippen LogP contribution in [0.15, 0.2) is 0 Å². The third-order valence-corrected chi connectivity index (χ3v) is 4.84. The highest BCUT2D eigenvalue weighted by Gasteiger charge is 2.14. The Labute approximate surface area is 94.4 Å². The first kappa shape index (κ1) is 12.6. The van der Waals surface area contributed by atoms with Crippen molar-refractivity contribution in [2.75, 3.05) is 44.1 Å². The first-order valence-corrected chi connectivity index (χ1v) is 7.10. The molecule has 14 heavy (non-hydrogen) atoms. The van der Waals surface area contributed by atoms with E-state index >= 15 is 0 Å². The molecule has 0 radical (unpaired) electrons. The van der Waals surface area contributed by atoms with E-state index < -0.39 is 0 Å². The van der Waals surface area contributed by atoms with Crippen molar-refractivity contribution < 1.29 is 9.84 Å². The van der Waals surface area contributed by atoms with Crippen molar-refractivity contribution in [3.8, 4) is 0 Å². The molecule has 1 saturated heterocycles. The second-order valence-corrected chi connectivity index (χ2v) is 5.89. The number of thioether (sulfide) groups is 2. The summed E-state index contributed by atoms with van der Waals surface area (Å²) in [4.78, 5) is 0. The maximum Gasteiger partial charge on any atom is 0.0897 e. The number of hydrogen-bond donors (Lipinski definition) is 2. The van der Waals surface area contributed by atoms with Crippen molar-refractivity contribution in [2.45, 2.75) is 11.4 Å². The number of ether oxygens (including phenoxy) is 1. The zero-order valence-corrected chi connectivity index (χ0v) is 10.2. The third-order valence-electron chi connectivity index (χ3n) is 2.00. The number of methoxy groups -OCH3 is 1. The van der Waals surface area contributed by atoms with Crippen molar-refractivity contribution in [2.24, 2.45) is 0 Å². The Balaban J connectivity index is 1.96. The van der Waals surface area contributed by atoms with Crippen LogP contribution < -0.4 is 5.32 Å². The summed E-state index contributed by atoms with van der Waals surface area (Å²) in [5.41, 5.74) is 0. The van der Waals surface area contributed by atoms with Gasteiger partial charge < -0.3 is 15.2 Å². The fourth-order valence-electron chi connectivity index (χ4n) is 1.32. The molecule has 1 aliphatic rings. The van der Waals surface area contributed by atoms with Gasteiger partial charge in [-0.2, -0.15) is 23.5 Å². The van der Waals surface area contributed by atoms with E-state index in [-0.39, 0.29) is 6.10 Å². The van der Waals surface area contributed by atoms with E-state index in [2.05, 4.69) is 5.32 Å². The second-order valence-electron chi connectivity index (χ2n) is 3.34. The van der Waals surface area contributed by atoms with Crippen LogP contribution in [0.2, 0.25) is 0 Å². The lowest BCUT2D eigenvalue weighted by molar-refractivity contribution is 0.0648. The van der Waals surface area contributed by atoms with Gasteiger partial charge in [0, 0.05) is 42.7 Å². The maximum atomic E-state index is 9.38. The summed E-state index contributed by atoms with van der Waals surface area (Å²) >= 11 is 4.06. The minimum Gasteiger partial charge on any atom is -0.389 e. The van der Waals surface area contributed by atoms with Gasteiger partial charge in [0.25, 0.3) is 0 Å². The fourth-order valence-corrected chi connectivity index (χ4v) is 3.96. The van der Waals surface area contributed by atoms with Gasteiger partial charge in [0.15, 0.2) is 0 Å². The SMILES string of the molecule is COCC(O)CNCC1CSCCS1. The van der Waals surface area contributed by atoms with Gasteiger partial charge in [0.1, 0.15) is 0 Å². The number of hydrogen-bond acceptors (Lipinski definition) is 5. The van der Waals surface area contributed by atoms with Crippen LogP contribution in [0.5, 0.6) is 0 Å². The molecular formula is C9H19NO2S2. The highest BCUT2D eigenvalue weighted by molar-refractivity contribution is 8.06. The smallest absolute Gasteiger partial charge is 0.0897 e. The van der Waals surface area contributed by atoms with Crippen LogP contribution in [0, 0.1) is 0 Å². The summed E-state index contributed by atoms with van der Waals surface area (Å²) in [5, 5.41) is 13.4. The van der Waals surface area contributed by atoms with Crippen molar-refractivity contribution in [1.29, 1.82) is 0 Å². The van der Waals surface area contributed by atoms with Gasteiger partial charge in [-0.3, -0.25) is 0 Å². The lowest BCUT2D eigenvalue weighted by Crippen LogP contribution is -2.35. The monoisotopic (exact) mass is 237 g/mol. The van der Waals surface area contributed by atoms with Gasteiger partial charge in [0.05, 0.1) is 12.7 Å². The largest absolute Gasteiger partial charge is 0.389 e. The topological polar surface area (TPSA) is 41.5 Å². The highest BCUT2D eigenvalue weighted by Crippen LogP contribution is 2.23. The lowest BCUT2D eigenvalue weighted by Gasteiger charge is -2.21. The zero-order chi connectivity index (χ0) is 10.2. The summed E-state index contributed by atoms with van der Waals surface area (Å²) in [6.45, 7) is 2.05. The Kier molecular flexibility index (Phi) is 7.06. The molecule has 0 aromatic rings. The van der Waals surface area contributed by atoms with Crippen molar-refractivity contribution in [3.63, 3.8) is 0 Å². The Morgan fingerprint density at radius 1 is 1.57 bits per heavy atom. The van der Waals surface area contributed by atoms with Crippen LogP contribution in [0.1, 0.15) is 0 Å². The van der Waals surface area contributed by atoms with Gasteiger partial charge >= 0.3 is 0 Å². The summed E-state index contributed by atoms with van der Waals surface area (Å²) in [7, 11) is 1.61. The van der Waals surface area contributed by atoms with Gasteiger partial charge in [-0.05, 0) is 0 Å². The Morgan fingerprint density at radius 2 is 2.43 bits per heavy atom. The lowest BCUT2D eigenvalue weighted by atomic mass is 10.3. The van der Waals surface area contributed by atoms with Crippen molar-refractivity contribution in [1.82, 2.24) is 5.32 Å². The summed E-state index contributed by atoms with van der Waals surface area (Å²) in [6, 6.07) is 0. The number of rotatable bonds is 6. The molecule has 1 fully saturated rings. The third kappa shape index (κ3) is 5.46. The standard InChI is InChI=1S/C9H19NO2S2/c1-12-6-8(11)4-10-5-9-7-13-2-3-14-9/h8-11H,2-7H2,1H3. The molecule has 2 unspecified atom stereocenters. The minimum atomic E-state index is -0.374. The molecule has 2 N–H and O–H groups in total. The Morgan fingerprint density at radius 3 is 3.07 bits per heavy atom. The molecule has 1 rings (SSSR count). The van der Waals surface area contributed by atoms with E-state index in [4.69, 9.17) is 4.74 Å². The molecule has 0 bridgehead atoms. The molecule has 0 amide bonds. The molecule has 1 aliphatic heterocycles.